The fourth-order valence-corrected chi connectivity index (χ4v) is 2.76. The van der Waals surface area contributed by atoms with Crippen LogP contribution in [-0.4, -0.2) is 37.1 Å². The highest BCUT2D eigenvalue weighted by molar-refractivity contribution is 5.89. The van der Waals surface area contributed by atoms with Gasteiger partial charge in [-0.3, -0.25) is 9.69 Å². The van der Waals surface area contributed by atoms with E-state index in [4.69, 9.17) is 0 Å². The minimum Gasteiger partial charge on any atom is -0.371 e. The van der Waals surface area contributed by atoms with Gasteiger partial charge in [0, 0.05) is 5.69 Å². The van der Waals surface area contributed by atoms with Gasteiger partial charge >= 0.3 is 0 Å². The summed E-state index contributed by atoms with van der Waals surface area (Å²) in [4.78, 5) is 14.6. The maximum absolute atomic E-state index is 12.6. The molecule has 0 spiro atoms. The third-order valence-corrected chi connectivity index (χ3v) is 3.85. The Morgan fingerprint density at radius 2 is 1.80 bits per heavy atom. The summed E-state index contributed by atoms with van der Waals surface area (Å²) in [5, 5.41) is 6.52. The van der Waals surface area contributed by atoms with E-state index >= 15 is 0 Å². The van der Waals surface area contributed by atoms with E-state index in [1.807, 2.05) is 49.3 Å². The van der Waals surface area contributed by atoms with Gasteiger partial charge in [0.05, 0.1) is 6.67 Å². The number of nitrogens with one attached hydrogen (secondary N) is 2. The number of benzene rings is 1. The van der Waals surface area contributed by atoms with Crippen molar-refractivity contribution in [1.29, 1.82) is 0 Å². The molecule has 0 saturated heterocycles. The summed E-state index contributed by atoms with van der Waals surface area (Å²) in [6.45, 7) is 0.580. The van der Waals surface area contributed by atoms with Gasteiger partial charge in [0.15, 0.2) is 0 Å². The molecule has 20 heavy (non-hydrogen) atoms. The van der Waals surface area contributed by atoms with Crippen molar-refractivity contribution in [2.45, 2.75) is 37.6 Å². The Balaban J connectivity index is 2.10. The molecular formula is C16H25N3O. The molecule has 1 fully saturated rings. The van der Waals surface area contributed by atoms with Crippen molar-refractivity contribution >= 4 is 11.6 Å². The van der Waals surface area contributed by atoms with Gasteiger partial charge < -0.3 is 10.6 Å². The van der Waals surface area contributed by atoms with Gasteiger partial charge in [0.1, 0.15) is 5.54 Å². The third kappa shape index (κ3) is 3.73. The fraction of sp³-hybridized carbons (Fsp3) is 0.562. The average Bonchev–Trinajstić information content (AvgIpc) is 2.46. The van der Waals surface area contributed by atoms with Gasteiger partial charge in [0.2, 0.25) is 5.91 Å². The second kappa shape index (κ2) is 6.75. The first-order chi connectivity index (χ1) is 9.62. The first kappa shape index (κ1) is 14.9. The third-order valence-electron chi connectivity index (χ3n) is 3.85. The zero-order valence-electron chi connectivity index (χ0n) is 12.5. The van der Waals surface area contributed by atoms with Crippen LogP contribution >= 0.6 is 0 Å². The molecule has 4 nitrogen and oxygen atoms in total. The second-order valence-electron chi connectivity index (χ2n) is 5.88. The van der Waals surface area contributed by atoms with Crippen LogP contribution in [0.2, 0.25) is 0 Å². The minimum atomic E-state index is -0.449. The molecule has 1 aromatic rings. The molecule has 1 saturated carbocycles. The summed E-state index contributed by atoms with van der Waals surface area (Å²) >= 11 is 0. The number of carbonyl (C=O) groups is 1. The first-order valence-corrected chi connectivity index (χ1v) is 7.39. The number of hydrogen-bond donors (Lipinski definition) is 2. The molecule has 1 aliphatic rings. The van der Waals surface area contributed by atoms with Crippen LogP contribution in [0.3, 0.4) is 0 Å². The van der Waals surface area contributed by atoms with E-state index in [0.29, 0.717) is 6.67 Å². The highest BCUT2D eigenvalue weighted by Gasteiger charge is 2.39. The van der Waals surface area contributed by atoms with E-state index in [1.54, 1.807) is 0 Å². The Morgan fingerprint density at radius 3 is 2.40 bits per heavy atom. The van der Waals surface area contributed by atoms with Crippen molar-refractivity contribution in [3.63, 3.8) is 0 Å². The number of anilines is 1. The van der Waals surface area contributed by atoms with Crippen LogP contribution in [0.4, 0.5) is 5.69 Å². The lowest BCUT2D eigenvalue weighted by atomic mass is 9.80. The molecule has 0 unspecified atom stereocenters. The largest absolute Gasteiger partial charge is 0.371 e. The monoisotopic (exact) mass is 275 g/mol. The summed E-state index contributed by atoms with van der Waals surface area (Å²) in [6.07, 6.45) is 5.24. The van der Waals surface area contributed by atoms with Gasteiger partial charge in [-0.2, -0.15) is 0 Å². The van der Waals surface area contributed by atoms with Gasteiger partial charge in [-0.1, -0.05) is 37.5 Å². The van der Waals surface area contributed by atoms with Gasteiger partial charge in [-0.15, -0.1) is 0 Å². The van der Waals surface area contributed by atoms with E-state index < -0.39 is 5.54 Å². The van der Waals surface area contributed by atoms with E-state index in [1.165, 1.54) is 6.42 Å². The molecule has 0 aliphatic heterocycles. The average molecular weight is 275 g/mol. The summed E-state index contributed by atoms with van der Waals surface area (Å²) in [5.41, 5.74) is 0.574. The molecule has 1 aromatic carbocycles. The Labute approximate surface area is 121 Å². The zero-order chi connectivity index (χ0) is 14.4. The molecule has 1 aliphatic carbocycles. The number of nitrogens with zero attached hydrogens (tertiary/aromatic N) is 1. The van der Waals surface area contributed by atoms with Crippen LogP contribution in [0.5, 0.6) is 0 Å². The van der Waals surface area contributed by atoms with Crippen LogP contribution in [0, 0.1) is 0 Å². The lowest BCUT2D eigenvalue weighted by molar-refractivity contribution is -0.127. The normalized spacial score (nSPS) is 17.8. The lowest BCUT2D eigenvalue weighted by Gasteiger charge is -2.37. The number of amides is 1. The van der Waals surface area contributed by atoms with Crippen molar-refractivity contribution in [1.82, 2.24) is 10.2 Å². The van der Waals surface area contributed by atoms with E-state index in [9.17, 15) is 4.79 Å². The molecule has 2 rings (SSSR count). The molecule has 0 atom stereocenters. The molecule has 0 heterocycles. The Morgan fingerprint density at radius 1 is 1.15 bits per heavy atom. The quantitative estimate of drug-likeness (QED) is 0.811. The molecule has 0 radical (unpaired) electrons. The van der Waals surface area contributed by atoms with Gasteiger partial charge in [-0.05, 0) is 39.1 Å². The second-order valence-corrected chi connectivity index (χ2v) is 5.88. The maximum atomic E-state index is 12.6. The molecule has 1 amide bonds. The summed E-state index contributed by atoms with van der Waals surface area (Å²) in [7, 11) is 3.91. The summed E-state index contributed by atoms with van der Waals surface area (Å²) in [6, 6.07) is 10.0. The van der Waals surface area contributed by atoms with Crippen LogP contribution < -0.4 is 10.6 Å². The SMILES string of the molecule is CN(C)CNC(=O)C1(Nc2ccccc2)CCCCC1. The minimum absolute atomic E-state index is 0.120. The predicted octanol–water partition coefficient (Wildman–Crippen LogP) is 2.44. The Hall–Kier alpha value is -1.55. The van der Waals surface area contributed by atoms with Crippen LogP contribution in [-0.2, 0) is 4.79 Å². The highest BCUT2D eigenvalue weighted by atomic mass is 16.2. The van der Waals surface area contributed by atoms with Crippen molar-refractivity contribution < 1.29 is 4.79 Å². The number of para-hydroxylation sites is 1. The van der Waals surface area contributed by atoms with Crippen LogP contribution in [0.1, 0.15) is 32.1 Å². The predicted molar refractivity (Wildman–Crippen MR) is 82.6 cm³/mol. The van der Waals surface area contributed by atoms with Crippen molar-refractivity contribution in [3.05, 3.63) is 30.3 Å². The van der Waals surface area contributed by atoms with Crippen LogP contribution in [0.15, 0.2) is 30.3 Å². The first-order valence-electron chi connectivity index (χ1n) is 7.39. The molecule has 4 heteroatoms. The van der Waals surface area contributed by atoms with E-state index in [0.717, 1.165) is 31.4 Å². The van der Waals surface area contributed by atoms with E-state index in [2.05, 4.69) is 10.6 Å². The smallest absolute Gasteiger partial charge is 0.246 e. The standard InChI is InChI=1S/C16H25N3O/c1-19(2)13-17-15(20)16(11-7-4-8-12-16)18-14-9-5-3-6-10-14/h3,5-6,9-10,18H,4,7-8,11-13H2,1-2H3,(H,17,20). The van der Waals surface area contributed by atoms with Crippen molar-refractivity contribution in [3.8, 4) is 0 Å². The topological polar surface area (TPSA) is 44.4 Å². The van der Waals surface area contributed by atoms with Gasteiger partial charge in [-0.25, -0.2) is 0 Å². The van der Waals surface area contributed by atoms with Crippen molar-refractivity contribution in [2.75, 3.05) is 26.1 Å². The summed E-state index contributed by atoms with van der Waals surface area (Å²) < 4.78 is 0. The fourth-order valence-electron chi connectivity index (χ4n) is 2.76. The molecule has 0 bridgehead atoms. The number of hydrogen-bond acceptors (Lipinski definition) is 3. The Kier molecular flexibility index (Phi) is 5.01. The molecular weight excluding hydrogens is 250 g/mol. The molecule has 0 aromatic heterocycles. The van der Waals surface area contributed by atoms with E-state index in [-0.39, 0.29) is 5.91 Å². The number of carbonyl (C=O) groups excluding carboxylic acids is 1. The zero-order valence-corrected chi connectivity index (χ0v) is 12.5. The van der Waals surface area contributed by atoms with Gasteiger partial charge in [0.25, 0.3) is 0 Å². The highest BCUT2D eigenvalue weighted by Crippen LogP contribution is 2.32. The van der Waals surface area contributed by atoms with Crippen LogP contribution in [0.25, 0.3) is 0 Å². The lowest BCUT2D eigenvalue weighted by Crippen LogP contribution is -2.55. The number of rotatable bonds is 5. The summed E-state index contributed by atoms with van der Waals surface area (Å²) in [5.74, 6) is 0.120. The maximum Gasteiger partial charge on any atom is 0.246 e. The van der Waals surface area contributed by atoms with Crippen molar-refractivity contribution in [2.24, 2.45) is 0 Å². The Bertz CT molecular complexity index is 425. The molecule has 2 N–H and O–H groups in total. The molecule has 110 valence electrons.